The van der Waals surface area contributed by atoms with Crippen LogP contribution >= 0.6 is 11.3 Å². The van der Waals surface area contributed by atoms with Gasteiger partial charge in [0.25, 0.3) is 5.56 Å². The maximum absolute atomic E-state index is 12.6. The topological polar surface area (TPSA) is 95.5 Å². The van der Waals surface area contributed by atoms with Gasteiger partial charge in [0, 0.05) is 12.6 Å². The lowest BCUT2D eigenvalue weighted by Crippen LogP contribution is -2.41. The molecule has 1 atom stereocenters. The van der Waals surface area contributed by atoms with Crippen molar-refractivity contribution in [3.8, 4) is 0 Å². The number of thiophene rings is 1. The molecule has 2 aromatic rings. The van der Waals surface area contributed by atoms with Gasteiger partial charge in [-0.1, -0.05) is 19.3 Å². The Labute approximate surface area is 162 Å². The molecule has 2 N–H and O–H groups in total. The van der Waals surface area contributed by atoms with Crippen LogP contribution < -0.4 is 5.56 Å². The third-order valence-electron chi connectivity index (χ3n) is 5.16. The Morgan fingerprint density at radius 3 is 2.74 bits per heavy atom. The van der Waals surface area contributed by atoms with Crippen molar-refractivity contribution in [3.63, 3.8) is 0 Å². The first-order valence-corrected chi connectivity index (χ1v) is 10.2. The predicted octanol–water partition coefficient (Wildman–Crippen LogP) is 2.60. The number of rotatable bonds is 6. The fourth-order valence-electron chi connectivity index (χ4n) is 3.87. The van der Waals surface area contributed by atoms with Crippen molar-refractivity contribution in [1.29, 1.82) is 0 Å². The van der Waals surface area contributed by atoms with Crippen LogP contribution in [0.3, 0.4) is 0 Å². The van der Waals surface area contributed by atoms with E-state index in [2.05, 4.69) is 14.9 Å². The predicted molar refractivity (Wildman–Crippen MR) is 105 cm³/mol. The Kier molecular flexibility index (Phi) is 6.29. The highest BCUT2D eigenvalue weighted by atomic mass is 32.1. The Morgan fingerprint density at radius 1 is 1.41 bits per heavy atom. The smallest absolute Gasteiger partial charge is 0.348 e. The largest absolute Gasteiger partial charge is 0.465 e. The van der Waals surface area contributed by atoms with E-state index in [1.54, 1.807) is 13.8 Å². The number of hydrogen-bond donors (Lipinski definition) is 2. The molecule has 3 rings (SSSR count). The molecule has 2 heterocycles. The standard InChI is InChI=1S/C19H27N3O4S/c1-11(23)9-22(13-7-5-4-6-8-13)10-14-20-17(24)15-12(2)16(19(25)26-3)27-18(15)21-14/h11,13,23H,4-10H2,1-3H3,(H,20,21,24). The molecule has 1 fully saturated rings. The number of aryl methyl sites for hydroxylation is 1. The molecular formula is C19H27N3O4S. The maximum atomic E-state index is 12.6. The lowest BCUT2D eigenvalue weighted by Gasteiger charge is -2.34. The van der Waals surface area contributed by atoms with Crippen molar-refractivity contribution in [2.75, 3.05) is 13.7 Å². The number of esters is 1. The van der Waals surface area contributed by atoms with Crippen LogP contribution in [-0.2, 0) is 11.3 Å². The number of aliphatic hydroxyl groups excluding tert-OH is 1. The summed E-state index contributed by atoms with van der Waals surface area (Å²) in [5.41, 5.74) is 0.370. The lowest BCUT2D eigenvalue weighted by molar-refractivity contribution is 0.0605. The van der Waals surface area contributed by atoms with Crippen LogP contribution in [0.4, 0.5) is 0 Å². The number of carbonyl (C=O) groups is 1. The number of H-pyrrole nitrogens is 1. The zero-order valence-corrected chi connectivity index (χ0v) is 16.9. The highest BCUT2D eigenvalue weighted by Crippen LogP contribution is 2.28. The molecule has 1 aliphatic carbocycles. The number of aromatic amines is 1. The molecule has 148 valence electrons. The summed E-state index contributed by atoms with van der Waals surface area (Å²) in [6, 6.07) is 0.394. The number of hydrogen-bond acceptors (Lipinski definition) is 7. The first-order valence-electron chi connectivity index (χ1n) is 9.43. The second kappa shape index (κ2) is 8.50. The molecule has 1 unspecified atom stereocenters. The van der Waals surface area contributed by atoms with Crippen molar-refractivity contribution >= 4 is 27.5 Å². The summed E-state index contributed by atoms with van der Waals surface area (Å²) in [5, 5.41) is 10.4. The number of nitrogens with one attached hydrogen (secondary N) is 1. The van der Waals surface area contributed by atoms with Crippen LogP contribution in [0.2, 0.25) is 0 Å². The first-order chi connectivity index (χ1) is 12.9. The van der Waals surface area contributed by atoms with Crippen molar-refractivity contribution in [2.45, 2.75) is 64.6 Å². The SMILES string of the molecule is COC(=O)c1sc2nc(CN(CC(C)O)C3CCCCC3)[nH]c(=O)c2c1C. The summed E-state index contributed by atoms with van der Waals surface area (Å²) in [6.07, 6.45) is 5.39. The van der Waals surface area contributed by atoms with E-state index in [1.807, 2.05) is 0 Å². The Morgan fingerprint density at radius 2 is 2.11 bits per heavy atom. The van der Waals surface area contributed by atoms with Gasteiger partial charge in [-0.3, -0.25) is 9.69 Å². The summed E-state index contributed by atoms with van der Waals surface area (Å²) in [4.78, 5) is 35.2. The molecule has 0 spiro atoms. The van der Waals surface area contributed by atoms with Gasteiger partial charge in [-0.15, -0.1) is 11.3 Å². The van der Waals surface area contributed by atoms with E-state index >= 15 is 0 Å². The zero-order chi connectivity index (χ0) is 19.6. The Bertz CT molecular complexity index is 868. The van der Waals surface area contributed by atoms with Crippen LogP contribution in [0.1, 0.15) is 60.1 Å². The van der Waals surface area contributed by atoms with E-state index < -0.39 is 12.1 Å². The van der Waals surface area contributed by atoms with E-state index in [4.69, 9.17) is 4.74 Å². The summed E-state index contributed by atoms with van der Waals surface area (Å²) in [6.45, 7) is 4.54. The average Bonchev–Trinajstić information content (AvgIpc) is 2.98. The number of aromatic nitrogens is 2. The highest BCUT2D eigenvalue weighted by Gasteiger charge is 2.24. The monoisotopic (exact) mass is 393 g/mol. The molecule has 0 aliphatic heterocycles. The van der Waals surface area contributed by atoms with E-state index in [1.165, 1.54) is 37.7 Å². The Balaban J connectivity index is 1.92. The molecule has 0 aromatic carbocycles. The van der Waals surface area contributed by atoms with E-state index in [9.17, 15) is 14.7 Å². The van der Waals surface area contributed by atoms with E-state index in [-0.39, 0.29) is 5.56 Å². The van der Waals surface area contributed by atoms with Gasteiger partial charge in [-0.05, 0) is 32.3 Å². The van der Waals surface area contributed by atoms with Crippen LogP contribution in [-0.4, -0.2) is 51.7 Å². The fraction of sp³-hybridized carbons (Fsp3) is 0.632. The van der Waals surface area contributed by atoms with Gasteiger partial charge in [0.1, 0.15) is 15.5 Å². The molecule has 27 heavy (non-hydrogen) atoms. The van der Waals surface area contributed by atoms with Crippen LogP contribution in [0.5, 0.6) is 0 Å². The second-order valence-corrected chi connectivity index (χ2v) is 8.31. The van der Waals surface area contributed by atoms with Gasteiger partial charge < -0.3 is 14.8 Å². The number of aliphatic hydroxyl groups is 1. The van der Waals surface area contributed by atoms with Gasteiger partial charge in [0.05, 0.1) is 25.1 Å². The van der Waals surface area contributed by atoms with Crippen molar-refractivity contribution in [3.05, 3.63) is 26.6 Å². The molecular weight excluding hydrogens is 366 g/mol. The maximum Gasteiger partial charge on any atom is 0.348 e. The first kappa shape index (κ1) is 20.0. The van der Waals surface area contributed by atoms with Crippen molar-refractivity contribution < 1.29 is 14.6 Å². The van der Waals surface area contributed by atoms with E-state index in [0.29, 0.717) is 45.6 Å². The number of ether oxygens (including phenoxy) is 1. The minimum absolute atomic E-state index is 0.237. The van der Waals surface area contributed by atoms with Gasteiger partial charge in [0.15, 0.2) is 0 Å². The molecule has 7 nitrogen and oxygen atoms in total. The van der Waals surface area contributed by atoms with E-state index in [0.717, 1.165) is 12.8 Å². The summed E-state index contributed by atoms with van der Waals surface area (Å²) in [5.74, 6) is 0.116. The summed E-state index contributed by atoms with van der Waals surface area (Å²) in [7, 11) is 1.33. The zero-order valence-electron chi connectivity index (χ0n) is 16.1. The Hall–Kier alpha value is -1.77. The number of nitrogens with zero attached hydrogens (tertiary/aromatic N) is 2. The number of methoxy groups -OCH3 is 1. The summed E-state index contributed by atoms with van der Waals surface area (Å²) < 4.78 is 4.80. The third kappa shape index (κ3) is 4.39. The summed E-state index contributed by atoms with van der Waals surface area (Å²) >= 11 is 1.19. The minimum Gasteiger partial charge on any atom is -0.465 e. The average molecular weight is 394 g/mol. The number of fused-ring (bicyclic) bond motifs is 1. The van der Waals surface area contributed by atoms with Crippen LogP contribution in [0.15, 0.2) is 4.79 Å². The third-order valence-corrected chi connectivity index (χ3v) is 6.33. The molecule has 0 radical (unpaired) electrons. The minimum atomic E-state index is -0.450. The van der Waals surface area contributed by atoms with Crippen molar-refractivity contribution in [2.24, 2.45) is 0 Å². The van der Waals surface area contributed by atoms with Gasteiger partial charge >= 0.3 is 5.97 Å². The van der Waals surface area contributed by atoms with Gasteiger partial charge in [-0.2, -0.15) is 0 Å². The molecule has 0 saturated heterocycles. The lowest BCUT2D eigenvalue weighted by atomic mass is 9.94. The van der Waals surface area contributed by atoms with Crippen LogP contribution in [0.25, 0.3) is 10.2 Å². The van der Waals surface area contributed by atoms with Gasteiger partial charge in [-0.25, -0.2) is 9.78 Å². The van der Waals surface area contributed by atoms with Gasteiger partial charge in [0.2, 0.25) is 0 Å². The second-order valence-electron chi connectivity index (χ2n) is 7.31. The molecule has 0 bridgehead atoms. The molecule has 8 heteroatoms. The normalized spacial score (nSPS) is 16.8. The molecule has 1 aliphatic rings. The fourth-order valence-corrected chi connectivity index (χ4v) is 4.99. The number of carbonyl (C=O) groups excluding carboxylic acids is 1. The van der Waals surface area contributed by atoms with Crippen molar-refractivity contribution in [1.82, 2.24) is 14.9 Å². The molecule has 1 saturated carbocycles. The molecule has 2 aromatic heterocycles. The quantitative estimate of drug-likeness (QED) is 0.733. The highest BCUT2D eigenvalue weighted by molar-refractivity contribution is 7.20. The molecule has 0 amide bonds. The van der Waals surface area contributed by atoms with Crippen LogP contribution in [0, 0.1) is 6.92 Å².